The maximum atomic E-state index is 12.7. The highest BCUT2D eigenvalue weighted by Gasteiger charge is 2.23. The number of Topliss-reactive ketones (excluding diaryl/α,β-unsaturated/α-hetero) is 1. The summed E-state index contributed by atoms with van der Waals surface area (Å²) in [5.74, 6) is -0.331. The Labute approximate surface area is 105 Å². The predicted octanol–water partition coefficient (Wildman–Crippen LogP) is 4.10. The van der Waals surface area contributed by atoms with Crippen LogP contribution in [0.25, 0.3) is 0 Å². The van der Waals surface area contributed by atoms with Gasteiger partial charge in [0.25, 0.3) is 6.43 Å². The van der Waals surface area contributed by atoms with Gasteiger partial charge in [-0.05, 0) is 41.1 Å². The lowest BCUT2D eigenvalue weighted by Crippen LogP contribution is -2.07. The van der Waals surface area contributed by atoms with Crippen molar-refractivity contribution in [3.63, 3.8) is 0 Å². The van der Waals surface area contributed by atoms with Crippen LogP contribution in [0.15, 0.2) is 18.2 Å². The summed E-state index contributed by atoms with van der Waals surface area (Å²) in [6.45, 7) is 1.29. The van der Waals surface area contributed by atoms with E-state index in [4.69, 9.17) is 11.6 Å². The summed E-state index contributed by atoms with van der Waals surface area (Å²) in [6.07, 6.45) is -2.62. The topological polar surface area (TPSA) is 17.1 Å². The summed E-state index contributed by atoms with van der Waals surface area (Å²) in [5.41, 5.74) is 0.0550. The summed E-state index contributed by atoms with van der Waals surface area (Å²) >= 11 is 7.71. The number of carbonyl (C=O) groups is 1. The van der Waals surface area contributed by atoms with Crippen molar-refractivity contribution in [1.82, 2.24) is 0 Å². The molecule has 1 aromatic rings. The molecule has 1 aromatic carbocycles. The van der Waals surface area contributed by atoms with E-state index >= 15 is 0 Å². The van der Waals surface area contributed by atoms with Crippen LogP contribution in [0.3, 0.4) is 0 Å². The number of alkyl halides is 3. The summed E-state index contributed by atoms with van der Waals surface area (Å²) in [7, 11) is 0. The van der Waals surface area contributed by atoms with Crippen molar-refractivity contribution in [1.29, 1.82) is 0 Å². The highest BCUT2D eigenvalue weighted by molar-refractivity contribution is 14.1. The molecule has 0 bridgehead atoms. The molecule has 1 nitrogen and oxygen atoms in total. The van der Waals surface area contributed by atoms with E-state index in [1.54, 1.807) is 6.07 Å². The van der Waals surface area contributed by atoms with Gasteiger partial charge in [-0.2, -0.15) is 0 Å². The molecule has 1 unspecified atom stereocenters. The van der Waals surface area contributed by atoms with Crippen LogP contribution in [0.5, 0.6) is 0 Å². The smallest absolute Gasteiger partial charge is 0.264 e. The molecule has 0 aromatic heterocycles. The van der Waals surface area contributed by atoms with Crippen molar-refractivity contribution < 1.29 is 13.6 Å². The molecule has 0 spiro atoms. The van der Waals surface area contributed by atoms with Gasteiger partial charge in [-0.15, -0.1) is 11.6 Å². The zero-order valence-electron chi connectivity index (χ0n) is 7.81. The van der Waals surface area contributed by atoms with Crippen molar-refractivity contribution >= 4 is 40.0 Å². The maximum Gasteiger partial charge on any atom is 0.264 e. The van der Waals surface area contributed by atoms with Crippen LogP contribution in [0.4, 0.5) is 8.78 Å². The molecule has 0 saturated heterocycles. The fourth-order valence-corrected chi connectivity index (χ4v) is 2.47. The Hall–Kier alpha value is -0.230. The van der Waals surface area contributed by atoms with Crippen LogP contribution in [0.1, 0.15) is 29.9 Å². The van der Waals surface area contributed by atoms with Gasteiger partial charge >= 0.3 is 0 Å². The molecular formula is C10H8ClF2IO. The highest BCUT2D eigenvalue weighted by Crippen LogP contribution is 2.34. The van der Waals surface area contributed by atoms with E-state index in [1.807, 2.05) is 22.6 Å². The molecule has 1 atom stereocenters. The normalized spacial score (nSPS) is 12.9. The second kappa shape index (κ2) is 5.21. The van der Waals surface area contributed by atoms with Crippen LogP contribution < -0.4 is 0 Å². The average molecular weight is 345 g/mol. The van der Waals surface area contributed by atoms with E-state index in [1.165, 1.54) is 19.1 Å². The first kappa shape index (κ1) is 12.8. The summed E-state index contributed by atoms with van der Waals surface area (Å²) in [6, 6.07) is 4.47. The van der Waals surface area contributed by atoms with Gasteiger partial charge < -0.3 is 0 Å². The fourth-order valence-electron chi connectivity index (χ4n) is 1.21. The van der Waals surface area contributed by atoms with Gasteiger partial charge in [-0.3, -0.25) is 4.79 Å². The molecule has 0 radical (unpaired) electrons. The lowest BCUT2D eigenvalue weighted by molar-refractivity contribution is -0.116. The molecule has 15 heavy (non-hydrogen) atoms. The van der Waals surface area contributed by atoms with Crippen LogP contribution in [-0.2, 0) is 4.79 Å². The zero-order chi connectivity index (χ0) is 11.6. The number of rotatable bonds is 3. The number of ketones is 1. The van der Waals surface area contributed by atoms with E-state index in [0.29, 0.717) is 3.57 Å². The molecule has 82 valence electrons. The molecule has 0 fully saturated rings. The quantitative estimate of drug-likeness (QED) is 0.596. The number of hydrogen-bond acceptors (Lipinski definition) is 1. The minimum Gasteiger partial charge on any atom is -0.298 e. The first-order valence-corrected chi connectivity index (χ1v) is 5.67. The number of halogens is 4. The van der Waals surface area contributed by atoms with E-state index < -0.39 is 11.8 Å². The Balaban J connectivity index is 3.30. The summed E-state index contributed by atoms with van der Waals surface area (Å²) < 4.78 is 25.9. The van der Waals surface area contributed by atoms with E-state index in [0.717, 1.165) is 0 Å². The molecule has 0 aliphatic rings. The fraction of sp³-hybridized carbons (Fsp3) is 0.300. The number of benzene rings is 1. The molecule has 5 heteroatoms. The summed E-state index contributed by atoms with van der Waals surface area (Å²) in [4.78, 5) is 11.1. The van der Waals surface area contributed by atoms with Gasteiger partial charge in [0.15, 0.2) is 5.78 Å². The van der Waals surface area contributed by atoms with Gasteiger partial charge in [0, 0.05) is 9.13 Å². The van der Waals surface area contributed by atoms with Gasteiger partial charge in [0.1, 0.15) is 5.38 Å². The van der Waals surface area contributed by atoms with Gasteiger partial charge in [0.05, 0.1) is 0 Å². The SMILES string of the molecule is CC(=O)C(Cl)c1c(I)cccc1C(F)F. The van der Waals surface area contributed by atoms with Gasteiger partial charge in [-0.1, -0.05) is 12.1 Å². The zero-order valence-corrected chi connectivity index (χ0v) is 10.7. The van der Waals surface area contributed by atoms with Crippen molar-refractivity contribution in [2.75, 3.05) is 0 Å². The largest absolute Gasteiger partial charge is 0.298 e. The average Bonchev–Trinajstić information content (AvgIpc) is 2.16. The third-order valence-electron chi connectivity index (χ3n) is 1.93. The second-order valence-electron chi connectivity index (χ2n) is 3.02. The van der Waals surface area contributed by atoms with Crippen LogP contribution in [-0.4, -0.2) is 5.78 Å². The molecule has 0 aliphatic carbocycles. The molecule has 0 N–H and O–H groups in total. The Morgan fingerprint density at radius 3 is 2.53 bits per heavy atom. The summed E-state index contributed by atoms with van der Waals surface area (Å²) in [5, 5.41) is -0.998. The Kier molecular flexibility index (Phi) is 4.45. The monoisotopic (exact) mass is 344 g/mol. The van der Waals surface area contributed by atoms with Gasteiger partial charge in [-0.25, -0.2) is 8.78 Å². The lowest BCUT2D eigenvalue weighted by atomic mass is 10.0. The Morgan fingerprint density at radius 1 is 1.47 bits per heavy atom. The molecule has 0 saturated carbocycles. The first-order valence-electron chi connectivity index (χ1n) is 4.16. The molecule has 0 aliphatic heterocycles. The van der Waals surface area contributed by atoms with Crippen LogP contribution in [0.2, 0.25) is 0 Å². The first-order chi connectivity index (χ1) is 6.95. The predicted molar refractivity (Wildman–Crippen MR) is 63.4 cm³/mol. The molecule has 0 heterocycles. The van der Waals surface area contributed by atoms with E-state index in [-0.39, 0.29) is 16.9 Å². The lowest BCUT2D eigenvalue weighted by Gasteiger charge is -2.13. The van der Waals surface area contributed by atoms with Crippen molar-refractivity contribution in [2.24, 2.45) is 0 Å². The van der Waals surface area contributed by atoms with Crippen LogP contribution in [0, 0.1) is 3.57 Å². The minimum atomic E-state index is -2.62. The molecular weight excluding hydrogens is 336 g/mol. The second-order valence-corrected chi connectivity index (χ2v) is 4.62. The van der Waals surface area contributed by atoms with E-state index in [2.05, 4.69) is 0 Å². The van der Waals surface area contributed by atoms with Crippen molar-refractivity contribution in [3.05, 3.63) is 32.9 Å². The van der Waals surface area contributed by atoms with Gasteiger partial charge in [0.2, 0.25) is 0 Å². The minimum absolute atomic E-state index is 0.169. The van der Waals surface area contributed by atoms with Crippen molar-refractivity contribution in [3.8, 4) is 0 Å². The number of carbonyl (C=O) groups excluding carboxylic acids is 1. The van der Waals surface area contributed by atoms with E-state index in [9.17, 15) is 13.6 Å². The third kappa shape index (κ3) is 2.87. The van der Waals surface area contributed by atoms with Crippen LogP contribution >= 0.6 is 34.2 Å². The maximum absolute atomic E-state index is 12.7. The Morgan fingerprint density at radius 2 is 2.07 bits per heavy atom. The molecule has 0 amide bonds. The standard InChI is InChI=1S/C10H8ClF2IO/c1-5(15)9(11)8-6(10(12)13)3-2-4-7(8)14/h2-4,9-10H,1H3. The highest BCUT2D eigenvalue weighted by atomic mass is 127. The number of hydrogen-bond donors (Lipinski definition) is 0. The molecule has 1 rings (SSSR count). The van der Waals surface area contributed by atoms with Crippen molar-refractivity contribution in [2.45, 2.75) is 18.7 Å². The Bertz CT molecular complexity index is 382. The third-order valence-corrected chi connectivity index (χ3v) is 3.40.